The number of nitrogens with one attached hydrogen (secondary N) is 1. The minimum Gasteiger partial charge on any atom is -0.496 e. The van der Waals surface area contributed by atoms with Crippen LogP contribution in [0.25, 0.3) is 0 Å². The summed E-state index contributed by atoms with van der Waals surface area (Å²) in [5, 5.41) is 3.07. The van der Waals surface area contributed by atoms with Gasteiger partial charge >= 0.3 is 0 Å². The Kier molecular flexibility index (Phi) is 4.24. The summed E-state index contributed by atoms with van der Waals surface area (Å²) in [6.07, 6.45) is 0. The van der Waals surface area contributed by atoms with E-state index in [1.807, 2.05) is 19.2 Å². The molecule has 0 saturated carbocycles. The van der Waals surface area contributed by atoms with Gasteiger partial charge in [-0.15, -0.1) is 0 Å². The van der Waals surface area contributed by atoms with Crippen LogP contribution in [0, 0.1) is 0 Å². The zero-order valence-corrected chi connectivity index (χ0v) is 9.59. The van der Waals surface area contributed by atoms with E-state index in [-0.39, 0.29) is 0 Å². The van der Waals surface area contributed by atoms with Gasteiger partial charge in [-0.05, 0) is 13.1 Å². The fourth-order valence-corrected chi connectivity index (χ4v) is 1.42. The highest BCUT2D eigenvalue weighted by Crippen LogP contribution is 2.34. The summed E-state index contributed by atoms with van der Waals surface area (Å²) in [4.78, 5) is 0. The van der Waals surface area contributed by atoms with Crippen LogP contribution >= 0.6 is 0 Å². The molecule has 0 aliphatic carbocycles. The smallest absolute Gasteiger partial charge is 0.164 e. The Morgan fingerprint density at radius 3 is 1.93 bits per heavy atom. The minimum absolute atomic E-state index is 0.675. The number of methoxy groups -OCH3 is 3. The van der Waals surface area contributed by atoms with Gasteiger partial charge in [-0.3, -0.25) is 0 Å². The first kappa shape index (κ1) is 11.7. The molecule has 0 heterocycles. The Hall–Kier alpha value is -1.42. The quantitative estimate of drug-likeness (QED) is 0.799. The van der Waals surface area contributed by atoms with E-state index in [9.17, 15) is 0 Å². The summed E-state index contributed by atoms with van der Waals surface area (Å²) in [7, 11) is 6.75. The van der Waals surface area contributed by atoms with Crippen molar-refractivity contribution in [2.24, 2.45) is 0 Å². The molecule has 15 heavy (non-hydrogen) atoms. The van der Waals surface area contributed by atoms with Crippen LogP contribution in [0.1, 0.15) is 5.56 Å². The summed E-state index contributed by atoms with van der Waals surface area (Å²) >= 11 is 0. The van der Waals surface area contributed by atoms with Crippen molar-refractivity contribution in [3.05, 3.63) is 17.7 Å². The second-order valence-electron chi connectivity index (χ2n) is 3.05. The van der Waals surface area contributed by atoms with Crippen molar-refractivity contribution in [1.29, 1.82) is 0 Å². The van der Waals surface area contributed by atoms with Gasteiger partial charge in [-0.2, -0.15) is 0 Å². The van der Waals surface area contributed by atoms with Gasteiger partial charge in [0.25, 0.3) is 0 Å². The molecule has 84 valence electrons. The first-order valence-electron chi connectivity index (χ1n) is 4.70. The fourth-order valence-electron chi connectivity index (χ4n) is 1.42. The molecule has 0 bridgehead atoms. The van der Waals surface area contributed by atoms with Crippen molar-refractivity contribution in [3.8, 4) is 17.2 Å². The van der Waals surface area contributed by atoms with Crippen LogP contribution in [-0.4, -0.2) is 28.4 Å². The van der Waals surface area contributed by atoms with Gasteiger partial charge in [0.05, 0.1) is 21.3 Å². The monoisotopic (exact) mass is 211 g/mol. The lowest BCUT2D eigenvalue weighted by molar-refractivity contribution is 0.347. The minimum atomic E-state index is 0.675. The maximum atomic E-state index is 5.26. The first-order chi connectivity index (χ1) is 7.26. The van der Waals surface area contributed by atoms with Gasteiger partial charge in [-0.1, -0.05) is 0 Å². The SMILES string of the molecule is CNCc1cc(OC)c(OC)cc1OC. The molecule has 1 aromatic rings. The van der Waals surface area contributed by atoms with Crippen molar-refractivity contribution >= 4 is 0 Å². The van der Waals surface area contributed by atoms with Crippen LogP contribution in [0.5, 0.6) is 17.2 Å². The number of rotatable bonds is 5. The highest BCUT2D eigenvalue weighted by molar-refractivity contribution is 5.50. The highest BCUT2D eigenvalue weighted by atomic mass is 16.5. The molecule has 4 heteroatoms. The molecular weight excluding hydrogens is 194 g/mol. The fraction of sp³-hybridized carbons (Fsp3) is 0.455. The summed E-state index contributed by atoms with van der Waals surface area (Å²) in [6, 6.07) is 3.74. The second-order valence-corrected chi connectivity index (χ2v) is 3.05. The van der Waals surface area contributed by atoms with Crippen LogP contribution in [0.3, 0.4) is 0 Å². The lowest BCUT2D eigenvalue weighted by Gasteiger charge is -2.13. The molecule has 0 amide bonds. The zero-order chi connectivity index (χ0) is 11.3. The van der Waals surface area contributed by atoms with Crippen molar-refractivity contribution < 1.29 is 14.2 Å². The lowest BCUT2D eigenvalue weighted by Crippen LogP contribution is -2.07. The van der Waals surface area contributed by atoms with Crippen LogP contribution < -0.4 is 19.5 Å². The van der Waals surface area contributed by atoms with E-state index in [4.69, 9.17) is 14.2 Å². The topological polar surface area (TPSA) is 39.7 Å². The van der Waals surface area contributed by atoms with Crippen LogP contribution in [0.4, 0.5) is 0 Å². The molecule has 1 aromatic carbocycles. The van der Waals surface area contributed by atoms with Gasteiger partial charge in [0.15, 0.2) is 11.5 Å². The average Bonchev–Trinajstić information content (AvgIpc) is 2.28. The molecule has 0 atom stereocenters. The summed E-state index contributed by atoms with van der Waals surface area (Å²) < 4.78 is 15.7. The second kappa shape index (κ2) is 5.46. The van der Waals surface area contributed by atoms with Gasteiger partial charge in [-0.25, -0.2) is 0 Å². The molecule has 0 aromatic heterocycles. The predicted octanol–water partition coefficient (Wildman–Crippen LogP) is 1.43. The maximum absolute atomic E-state index is 5.26. The van der Waals surface area contributed by atoms with Crippen molar-refractivity contribution in [2.75, 3.05) is 28.4 Å². The highest BCUT2D eigenvalue weighted by Gasteiger charge is 2.10. The van der Waals surface area contributed by atoms with Crippen molar-refractivity contribution in [2.45, 2.75) is 6.54 Å². The molecular formula is C11H17NO3. The molecule has 0 radical (unpaired) electrons. The summed E-state index contributed by atoms with van der Waals surface area (Å²) in [5.41, 5.74) is 1.04. The van der Waals surface area contributed by atoms with Crippen LogP contribution in [0.2, 0.25) is 0 Å². The molecule has 0 aliphatic rings. The van der Waals surface area contributed by atoms with E-state index in [0.717, 1.165) is 17.9 Å². The summed E-state index contributed by atoms with van der Waals surface area (Å²) in [6.45, 7) is 0.726. The van der Waals surface area contributed by atoms with Gasteiger partial charge < -0.3 is 19.5 Å². The van der Waals surface area contributed by atoms with Gasteiger partial charge in [0.2, 0.25) is 0 Å². The third-order valence-electron chi connectivity index (χ3n) is 2.15. The van der Waals surface area contributed by atoms with Crippen LogP contribution in [-0.2, 0) is 6.54 Å². The van der Waals surface area contributed by atoms with E-state index in [1.54, 1.807) is 21.3 Å². The number of hydrogen-bond acceptors (Lipinski definition) is 4. The molecule has 0 fully saturated rings. The van der Waals surface area contributed by atoms with E-state index < -0.39 is 0 Å². The molecule has 1 rings (SSSR count). The van der Waals surface area contributed by atoms with E-state index in [0.29, 0.717) is 11.5 Å². The third-order valence-corrected chi connectivity index (χ3v) is 2.15. The number of ether oxygens (including phenoxy) is 3. The Balaban J connectivity index is 3.15. The van der Waals surface area contributed by atoms with Crippen molar-refractivity contribution in [3.63, 3.8) is 0 Å². The molecule has 0 spiro atoms. The molecule has 0 unspecified atom stereocenters. The lowest BCUT2D eigenvalue weighted by atomic mass is 10.1. The average molecular weight is 211 g/mol. The first-order valence-corrected chi connectivity index (χ1v) is 4.70. The Bertz CT molecular complexity index is 326. The van der Waals surface area contributed by atoms with Gasteiger partial charge in [0.1, 0.15) is 5.75 Å². The largest absolute Gasteiger partial charge is 0.496 e. The van der Waals surface area contributed by atoms with E-state index in [1.165, 1.54) is 0 Å². The third kappa shape index (κ3) is 2.53. The van der Waals surface area contributed by atoms with E-state index in [2.05, 4.69) is 5.32 Å². The van der Waals surface area contributed by atoms with E-state index >= 15 is 0 Å². The summed E-state index contributed by atoms with van der Waals surface area (Å²) in [5.74, 6) is 2.18. The molecule has 1 N–H and O–H groups in total. The Morgan fingerprint density at radius 1 is 0.933 bits per heavy atom. The predicted molar refractivity (Wildman–Crippen MR) is 58.9 cm³/mol. The maximum Gasteiger partial charge on any atom is 0.164 e. The van der Waals surface area contributed by atoms with Gasteiger partial charge in [0, 0.05) is 18.2 Å². The number of hydrogen-bond donors (Lipinski definition) is 1. The van der Waals surface area contributed by atoms with Crippen molar-refractivity contribution in [1.82, 2.24) is 5.32 Å². The molecule has 0 saturated heterocycles. The Labute approximate surface area is 90.1 Å². The number of benzene rings is 1. The Morgan fingerprint density at radius 2 is 1.47 bits per heavy atom. The van der Waals surface area contributed by atoms with Crippen LogP contribution in [0.15, 0.2) is 12.1 Å². The normalized spacial score (nSPS) is 9.87. The molecule has 0 aliphatic heterocycles. The zero-order valence-electron chi connectivity index (χ0n) is 9.59. The standard InChI is InChI=1S/C11H17NO3/c1-12-7-8-5-10(14-3)11(15-4)6-9(8)13-2/h5-6,12H,7H2,1-4H3. The molecule has 4 nitrogen and oxygen atoms in total.